The number of allylic oxidation sites excluding steroid dienone is 1. The van der Waals surface area contributed by atoms with Crippen LogP contribution >= 0.6 is 24.0 Å². The second kappa shape index (κ2) is 13.4. The molecule has 21 heavy (non-hydrogen) atoms. The fourth-order valence-corrected chi connectivity index (χ4v) is 1.72. The molecule has 0 unspecified atom stereocenters. The van der Waals surface area contributed by atoms with Crippen LogP contribution in [0, 0.1) is 0 Å². The molecule has 4 nitrogen and oxygen atoms in total. The Labute approximate surface area is 148 Å². The van der Waals surface area contributed by atoms with Crippen LogP contribution in [0.2, 0.25) is 0 Å². The summed E-state index contributed by atoms with van der Waals surface area (Å²) >= 11 is 0. The lowest BCUT2D eigenvalue weighted by Crippen LogP contribution is -2.40. The van der Waals surface area contributed by atoms with Crippen LogP contribution in [-0.4, -0.2) is 50.3 Å². The SMILES string of the molecule is C=CCCCCCN(C)C(=NCC(C)(C)OC)NCC.I. The van der Waals surface area contributed by atoms with E-state index in [0.717, 1.165) is 25.5 Å². The monoisotopic (exact) mass is 411 g/mol. The van der Waals surface area contributed by atoms with Crippen LogP contribution in [0.15, 0.2) is 17.6 Å². The highest BCUT2D eigenvalue weighted by Crippen LogP contribution is 2.08. The van der Waals surface area contributed by atoms with E-state index in [-0.39, 0.29) is 29.6 Å². The molecule has 0 aliphatic carbocycles. The standard InChI is InChI=1S/C16H33N3O.HI/c1-7-9-10-11-12-13-19(5)15(17-8-2)18-14-16(3,4)20-6;/h7H,1,8-14H2,2-6H3,(H,17,18);1H. The Morgan fingerprint density at radius 2 is 2.00 bits per heavy atom. The third kappa shape index (κ3) is 12.0. The van der Waals surface area contributed by atoms with Gasteiger partial charge in [0.05, 0.1) is 12.1 Å². The van der Waals surface area contributed by atoms with E-state index in [4.69, 9.17) is 4.74 Å². The number of rotatable bonds is 10. The lowest BCUT2D eigenvalue weighted by atomic mass is 10.1. The van der Waals surface area contributed by atoms with Gasteiger partial charge in [-0.1, -0.05) is 12.5 Å². The molecule has 0 rings (SSSR count). The van der Waals surface area contributed by atoms with Gasteiger partial charge in [0.1, 0.15) is 0 Å². The summed E-state index contributed by atoms with van der Waals surface area (Å²) in [5, 5.41) is 3.34. The van der Waals surface area contributed by atoms with E-state index in [9.17, 15) is 0 Å². The van der Waals surface area contributed by atoms with Gasteiger partial charge in [-0.15, -0.1) is 30.6 Å². The third-order valence-corrected chi connectivity index (χ3v) is 3.26. The van der Waals surface area contributed by atoms with Gasteiger partial charge in [-0.3, -0.25) is 4.99 Å². The first-order chi connectivity index (χ1) is 9.46. The Hall–Kier alpha value is -0.300. The minimum atomic E-state index is -0.217. The number of halogens is 1. The van der Waals surface area contributed by atoms with Gasteiger partial charge in [0.2, 0.25) is 0 Å². The molecule has 0 saturated carbocycles. The van der Waals surface area contributed by atoms with Crippen LogP contribution < -0.4 is 5.32 Å². The number of hydrogen-bond donors (Lipinski definition) is 1. The zero-order chi connectivity index (χ0) is 15.4. The lowest BCUT2D eigenvalue weighted by molar-refractivity contribution is 0.0309. The molecule has 0 spiro atoms. The van der Waals surface area contributed by atoms with Crippen LogP contribution in [0.5, 0.6) is 0 Å². The Bertz CT molecular complexity index is 293. The first-order valence-electron chi connectivity index (χ1n) is 7.62. The van der Waals surface area contributed by atoms with Crippen molar-refractivity contribution in [1.29, 1.82) is 0 Å². The van der Waals surface area contributed by atoms with Crippen LogP contribution in [0.1, 0.15) is 46.5 Å². The maximum atomic E-state index is 5.41. The molecule has 0 aromatic rings. The molecule has 0 radical (unpaired) electrons. The van der Waals surface area contributed by atoms with Gasteiger partial charge in [-0.05, 0) is 40.0 Å². The van der Waals surface area contributed by atoms with Gasteiger partial charge in [-0.25, -0.2) is 0 Å². The molecule has 5 heteroatoms. The zero-order valence-electron chi connectivity index (χ0n) is 14.4. The average molecular weight is 411 g/mol. The largest absolute Gasteiger partial charge is 0.377 e. The number of methoxy groups -OCH3 is 1. The first kappa shape index (κ1) is 23.0. The van der Waals surface area contributed by atoms with Crippen LogP contribution in [0.25, 0.3) is 0 Å². The van der Waals surface area contributed by atoms with E-state index >= 15 is 0 Å². The molecule has 0 atom stereocenters. The summed E-state index contributed by atoms with van der Waals surface area (Å²) in [5.74, 6) is 0.960. The van der Waals surface area contributed by atoms with Crippen LogP contribution in [0.3, 0.4) is 0 Å². The van der Waals surface area contributed by atoms with E-state index < -0.39 is 0 Å². The van der Waals surface area contributed by atoms with Crippen molar-refractivity contribution >= 4 is 29.9 Å². The van der Waals surface area contributed by atoms with Crippen molar-refractivity contribution in [2.75, 3.05) is 33.8 Å². The van der Waals surface area contributed by atoms with Gasteiger partial charge in [0, 0.05) is 27.2 Å². The number of nitrogens with zero attached hydrogens (tertiary/aromatic N) is 2. The smallest absolute Gasteiger partial charge is 0.193 e. The van der Waals surface area contributed by atoms with Crippen molar-refractivity contribution in [2.24, 2.45) is 4.99 Å². The second-order valence-corrected chi connectivity index (χ2v) is 5.69. The Morgan fingerprint density at radius 1 is 1.33 bits per heavy atom. The average Bonchev–Trinajstić information content (AvgIpc) is 2.43. The fourth-order valence-electron chi connectivity index (χ4n) is 1.72. The maximum Gasteiger partial charge on any atom is 0.193 e. The van der Waals surface area contributed by atoms with Crippen molar-refractivity contribution in [3.05, 3.63) is 12.7 Å². The number of nitrogens with one attached hydrogen (secondary N) is 1. The van der Waals surface area contributed by atoms with Crippen molar-refractivity contribution in [2.45, 2.75) is 52.1 Å². The summed E-state index contributed by atoms with van der Waals surface area (Å²) in [4.78, 5) is 6.86. The fraction of sp³-hybridized carbons (Fsp3) is 0.812. The molecule has 1 N–H and O–H groups in total. The third-order valence-electron chi connectivity index (χ3n) is 3.26. The molecule has 0 aromatic heterocycles. The van der Waals surface area contributed by atoms with Crippen molar-refractivity contribution in [3.63, 3.8) is 0 Å². The highest BCUT2D eigenvalue weighted by molar-refractivity contribution is 14.0. The molecule has 0 aromatic carbocycles. The van der Waals surface area contributed by atoms with E-state index in [1.807, 2.05) is 6.08 Å². The molecular weight excluding hydrogens is 377 g/mol. The zero-order valence-corrected chi connectivity index (χ0v) is 16.8. The van der Waals surface area contributed by atoms with E-state index in [0.29, 0.717) is 6.54 Å². The van der Waals surface area contributed by atoms with Crippen molar-refractivity contribution < 1.29 is 4.74 Å². The molecular formula is C16H34IN3O. The summed E-state index contributed by atoms with van der Waals surface area (Å²) in [6, 6.07) is 0. The predicted octanol–water partition coefficient (Wildman–Crippen LogP) is 3.67. The Kier molecular flexibility index (Phi) is 14.6. The van der Waals surface area contributed by atoms with Gasteiger partial charge in [-0.2, -0.15) is 0 Å². The lowest BCUT2D eigenvalue weighted by Gasteiger charge is -2.25. The second-order valence-electron chi connectivity index (χ2n) is 5.69. The molecule has 0 fully saturated rings. The number of aliphatic imine (C=N–C) groups is 1. The summed E-state index contributed by atoms with van der Waals surface area (Å²) in [6.45, 7) is 12.5. The molecule has 0 aliphatic rings. The number of unbranched alkanes of at least 4 members (excludes halogenated alkanes) is 3. The Morgan fingerprint density at radius 3 is 2.52 bits per heavy atom. The topological polar surface area (TPSA) is 36.9 Å². The molecule has 0 saturated heterocycles. The minimum Gasteiger partial charge on any atom is -0.377 e. The van der Waals surface area contributed by atoms with Gasteiger partial charge in [0.25, 0.3) is 0 Å². The van der Waals surface area contributed by atoms with Crippen molar-refractivity contribution in [3.8, 4) is 0 Å². The maximum absolute atomic E-state index is 5.41. The van der Waals surface area contributed by atoms with Gasteiger partial charge >= 0.3 is 0 Å². The highest BCUT2D eigenvalue weighted by Gasteiger charge is 2.16. The highest BCUT2D eigenvalue weighted by atomic mass is 127. The van der Waals surface area contributed by atoms with Gasteiger partial charge in [0.15, 0.2) is 5.96 Å². The van der Waals surface area contributed by atoms with E-state index in [1.165, 1.54) is 19.3 Å². The molecule has 0 amide bonds. The molecule has 0 aliphatic heterocycles. The molecule has 126 valence electrons. The normalized spacial score (nSPS) is 11.8. The predicted molar refractivity (Wildman–Crippen MR) is 104 cm³/mol. The number of ether oxygens (including phenoxy) is 1. The number of hydrogen-bond acceptors (Lipinski definition) is 2. The van der Waals surface area contributed by atoms with Crippen LogP contribution in [0.4, 0.5) is 0 Å². The van der Waals surface area contributed by atoms with E-state index in [1.54, 1.807) is 7.11 Å². The summed E-state index contributed by atoms with van der Waals surface area (Å²) in [5.41, 5.74) is -0.217. The summed E-state index contributed by atoms with van der Waals surface area (Å²) < 4.78 is 5.41. The number of guanidine groups is 1. The molecule has 0 bridgehead atoms. The van der Waals surface area contributed by atoms with Gasteiger partial charge < -0.3 is 15.0 Å². The van der Waals surface area contributed by atoms with Crippen molar-refractivity contribution in [1.82, 2.24) is 10.2 Å². The minimum absolute atomic E-state index is 0. The Balaban J connectivity index is 0. The molecule has 0 heterocycles. The quantitative estimate of drug-likeness (QED) is 0.196. The summed E-state index contributed by atoms with van der Waals surface area (Å²) in [6.07, 6.45) is 6.74. The van der Waals surface area contributed by atoms with E-state index in [2.05, 4.69) is 49.6 Å². The first-order valence-corrected chi connectivity index (χ1v) is 7.62. The summed E-state index contributed by atoms with van der Waals surface area (Å²) in [7, 11) is 3.82. The van der Waals surface area contributed by atoms with Crippen LogP contribution in [-0.2, 0) is 4.74 Å².